The first-order valence-electron chi connectivity index (χ1n) is 16.4. The minimum Gasteiger partial charge on any atom is -0.310 e. The van der Waals surface area contributed by atoms with Gasteiger partial charge in [-0.2, -0.15) is 0 Å². The molecule has 0 bridgehead atoms. The molecular formula is C46H32N2. The van der Waals surface area contributed by atoms with E-state index in [0.29, 0.717) is 0 Å². The van der Waals surface area contributed by atoms with Crippen molar-refractivity contribution in [1.29, 1.82) is 0 Å². The molecule has 1 aromatic heterocycles. The standard InChI is InChI=1S/C46H32N2/c1-3-14-38(15-4-1)47(44-21-11-13-36-12-7-8-18-41(36)44)40-29-26-34(27-30-40)33-22-24-35(25-23-33)37-28-31-43-42-19-9-10-20-45(42)48(46(43)32-37)39-16-5-2-6-17-39/h1-32H. The Balaban J connectivity index is 1.06. The smallest absolute Gasteiger partial charge is 0.0547 e. The Morgan fingerprint density at radius 1 is 0.333 bits per heavy atom. The predicted octanol–water partition coefficient (Wildman–Crippen LogP) is 12.7. The van der Waals surface area contributed by atoms with Crippen molar-refractivity contribution in [2.45, 2.75) is 0 Å². The molecule has 0 fully saturated rings. The molecule has 0 radical (unpaired) electrons. The van der Waals surface area contributed by atoms with E-state index >= 15 is 0 Å². The number of hydrogen-bond acceptors (Lipinski definition) is 1. The molecule has 48 heavy (non-hydrogen) atoms. The number of benzene rings is 8. The number of aromatic nitrogens is 1. The summed E-state index contributed by atoms with van der Waals surface area (Å²) in [4.78, 5) is 2.35. The summed E-state index contributed by atoms with van der Waals surface area (Å²) in [5, 5.41) is 5.00. The van der Waals surface area contributed by atoms with Gasteiger partial charge in [-0.05, 0) is 82.2 Å². The fraction of sp³-hybridized carbons (Fsp3) is 0. The van der Waals surface area contributed by atoms with Crippen LogP contribution in [0, 0.1) is 0 Å². The predicted molar refractivity (Wildman–Crippen MR) is 204 cm³/mol. The fourth-order valence-corrected chi connectivity index (χ4v) is 7.07. The van der Waals surface area contributed by atoms with Crippen LogP contribution in [0.4, 0.5) is 17.1 Å². The van der Waals surface area contributed by atoms with Gasteiger partial charge in [-0.3, -0.25) is 0 Å². The van der Waals surface area contributed by atoms with Gasteiger partial charge in [0.05, 0.1) is 16.7 Å². The van der Waals surface area contributed by atoms with E-state index < -0.39 is 0 Å². The van der Waals surface area contributed by atoms with E-state index in [-0.39, 0.29) is 0 Å². The highest BCUT2D eigenvalue weighted by atomic mass is 15.1. The Hall–Kier alpha value is -6.38. The highest BCUT2D eigenvalue weighted by Crippen LogP contribution is 2.40. The molecule has 0 aliphatic heterocycles. The second kappa shape index (κ2) is 11.8. The Morgan fingerprint density at radius 3 is 1.60 bits per heavy atom. The number of para-hydroxylation sites is 3. The van der Waals surface area contributed by atoms with Crippen molar-refractivity contribution < 1.29 is 0 Å². The van der Waals surface area contributed by atoms with Gasteiger partial charge >= 0.3 is 0 Å². The maximum absolute atomic E-state index is 2.38. The molecule has 0 spiro atoms. The molecular weight excluding hydrogens is 581 g/mol. The maximum Gasteiger partial charge on any atom is 0.0547 e. The zero-order valence-electron chi connectivity index (χ0n) is 26.4. The molecule has 0 unspecified atom stereocenters. The number of hydrogen-bond donors (Lipinski definition) is 0. The van der Waals surface area contributed by atoms with Gasteiger partial charge in [0.2, 0.25) is 0 Å². The van der Waals surface area contributed by atoms with Crippen LogP contribution in [0.5, 0.6) is 0 Å². The van der Waals surface area contributed by atoms with Gasteiger partial charge < -0.3 is 9.47 Å². The van der Waals surface area contributed by atoms with Crippen LogP contribution in [0.1, 0.15) is 0 Å². The van der Waals surface area contributed by atoms with Crippen molar-refractivity contribution >= 4 is 49.6 Å². The van der Waals surface area contributed by atoms with Crippen molar-refractivity contribution in [2.24, 2.45) is 0 Å². The van der Waals surface area contributed by atoms with Crippen LogP contribution in [-0.4, -0.2) is 4.57 Å². The summed E-state index contributed by atoms with van der Waals surface area (Å²) in [6.45, 7) is 0. The molecule has 0 saturated heterocycles. The van der Waals surface area contributed by atoms with E-state index in [2.05, 4.69) is 204 Å². The summed E-state index contributed by atoms with van der Waals surface area (Å²) in [6, 6.07) is 69.8. The van der Waals surface area contributed by atoms with Gasteiger partial charge in [0.25, 0.3) is 0 Å². The average molecular weight is 613 g/mol. The Kier molecular flexibility index (Phi) is 6.84. The topological polar surface area (TPSA) is 8.17 Å². The van der Waals surface area contributed by atoms with Crippen LogP contribution in [0.15, 0.2) is 194 Å². The lowest BCUT2D eigenvalue weighted by Gasteiger charge is -2.27. The molecule has 2 nitrogen and oxygen atoms in total. The SMILES string of the molecule is c1ccc(N(c2ccc(-c3ccc(-c4ccc5c6ccccc6n(-c6ccccc6)c5c4)cc3)cc2)c2cccc3ccccc23)cc1. The van der Waals surface area contributed by atoms with Gasteiger partial charge in [0, 0.05) is 33.2 Å². The quantitative estimate of drug-likeness (QED) is 0.181. The van der Waals surface area contributed by atoms with Gasteiger partial charge in [0.1, 0.15) is 0 Å². The molecule has 0 amide bonds. The first-order valence-corrected chi connectivity index (χ1v) is 16.4. The summed E-state index contributed by atoms with van der Waals surface area (Å²) in [5.41, 5.74) is 11.8. The Morgan fingerprint density at radius 2 is 0.854 bits per heavy atom. The molecule has 226 valence electrons. The number of nitrogens with zero attached hydrogens (tertiary/aromatic N) is 2. The Bertz CT molecular complexity index is 2520. The highest BCUT2D eigenvalue weighted by molar-refractivity contribution is 6.10. The number of rotatable bonds is 6. The monoisotopic (exact) mass is 612 g/mol. The molecule has 8 aromatic carbocycles. The van der Waals surface area contributed by atoms with Crippen LogP contribution < -0.4 is 4.90 Å². The summed E-state index contributed by atoms with van der Waals surface area (Å²) in [5.74, 6) is 0. The fourth-order valence-electron chi connectivity index (χ4n) is 7.07. The van der Waals surface area contributed by atoms with Gasteiger partial charge in [-0.15, -0.1) is 0 Å². The van der Waals surface area contributed by atoms with Crippen molar-refractivity contribution in [2.75, 3.05) is 4.90 Å². The van der Waals surface area contributed by atoms with Crippen molar-refractivity contribution in [3.05, 3.63) is 194 Å². The second-order valence-corrected chi connectivity index (χ2v) is 12.2. The molecule has 9 aromatic rings. The van der Waals surface area contributed by atoms with E-state index in [1.165, 1.54) is 66.2 Å². The van der Waals surface area contributed by atoms with Crippen molar-refractivity contribution in [3.63, 3.8) is 0 Å². The summed E-state index contributed by atoms with van der Waals surface area (Å²) >= 11 is 0. The summed E-state index contributed by atoms with van der Waals surface area (Å²) in [6.07, 6.45) is 0. The zero-order valence-corrected chi connectivity index (χ0v) is 26.4. The minimum atomic E-state index is 1.13. The lowest BCUT2D eigenvalue weighted by Crippen LogP contribution is -2.10. The Labute approximate surface area is 280 Å². The van der Waals surface area contributed by atoms with Crippen molar-refractivity contribution in [3.8, 4) is 27.9 Å². The first-order chi connectivity index (χ1) is 23.8. The summed E-state index contributed by atoms with van der Waals surface area (Å²) < 4.78 is 2.38. The summed E-state index contributed by atoms with van der Waals surface area (Å²) in [7, 11) is 0. The second-order valence-electron chi connectivity index (χ2n) is 12.2. The molecule has 9 rings (SSSR count). The third-order valence-electron chi connectivity index (χ3n) is 9.39. The third-order valence-corrected chi connectivity index (χ3v) is 9.39. The average Bonchev–Trinajstić information content (AvgIpc) is 3.50. The van der Waals surface area contributed by atoms with E-state index in [1.807, 2.05) is 0 Å². The van der Waals surface area contributed by atoms with Crippen molar-refractivity contribution in [1.82, 2.24) is 4.57 Å². The maximum atomic E-state index is 2.38. The van der Waals surface area contributed by atoms with Crippen LogP contribution in [0.2, 0.25) is 0 Å². The molecule has 0 aliphatic rings. The molecule has 0 N–H and O–H groups in total. The molecule has 0 saturated carbocycles. The van der Waals surface area contributed by atoms with E-state index in [0.717, 1.165) is 11.4 Å². The largest absolute Gasteiger partial charge is 0.310 e. The first kappa shape index (κ1) is 27.9. The third kappa shape index (κ3) is 4.83. The van der Waals surface area contributed by atoms with Crippen LogP contribution >= 0.6 is 0 Å². The lowest BCUT2D eigenvalue weighted by atomic mass is 9.99. The van der Waals surface area contributed by atoms with Crippen LogP contribution in [0.3, 0.4) is 0 Å². The van der Waals surface area contributed by atoms with Gasteiger partial charge in [0.15, 0.2) is 0 Å². The van der Waals surface area contributed by atoms with E-state index in [4.69, 9.17) is 0 Å². The highest BCUT2D eigenvalue weighted by Gasteiger charge is 2.16. The van der Waals surface area contributed by atoms with Gasteiger partial charge in [-0.1, -0.05) is 140 Å². The zero-order chi connectivity index (χ0) is 31.9. The molecule has 0 atom stereocenters. The lowest BCUT2D eigenvalue weighted by molar-refractivity contribution is 1.18. The minimum absolute atomic E-state index is 1.13. The molecule has 2 heteroatoms. The van der Waals surface area contributed by atoms with Crippen LogP contribution in [-0.2, 0) is 0 Å². The normalized spacial score (nSPS) is 11.3. The number of anilines is 3. The molecule has 0 aliphatic carbocycles. The van der Waals surface area contributed by atoms with Gasteiger partial charge in [-0.25, -0.2) is 0 Å². The molecule has 1 heterocycles. The van der Waals surface area contributed by atoms with E-state index in [1.54, 1.807) is 0 Å². The van der Waals surface area contributed by atoms with E-state index in [9.17, 15) is 0 Å². The van der Waals surface area contributed by atoms with Crippen LogP contribution in [0.25, 0.3) is 60.5 Å². The number of fused-ring (bicyclic) bond motifs is 4.